The van der Waals surface area contributed by atoms with E-state index in [4.69, 9.17) is 4.74 Å². The van der Waals surface area contributed by atoms with Crippen LogP contribution in [0.2, 0.25) is 0 Å². The molecule has 0 aliphatic carbocycles. The van der Waals surface area contributed by atoms with Gasteiger partial charge in [-0.25, -0.2) is 0 Å². The van der Waals surface area contributed by atoms with Crippen LogP contribution in [0.1, 0.15) is 33.1 Å². The van der Waals surface area contributed by atoms with Crippen LogP contribution in [0, 0.1) is 11.8 Å². The third kappa shape index (κ3) is 3.53. The van der Waals surface area contributed by atoms with E-state index < -0.39 is 0 Å². The Labute approximate surface area is 90.4 Å². The first-order valence-corrected chi connectivity index (χ1v) is 5.59. The fourth-order valence-corrected chi connectivity index (χ4v) is 2.04. The summed E-state index contributed by atoms with van der Waals surface area (Å²) >= 11 is 0. The molecule has 0 spiro atoms. The molecule has 0 aromatic carbocycles. The second-order valence-corrected chi connectivity index (χ2v) is 3.95. The molecule has 4 nitrogen and oxygen atoms in total. The predicted octanol–water partition coefficient (Wildman–Crippen LogP) is 1.10. The van der Waals surface area contributed by atoms with E-state index in [1.54, 1.807) is 6.92 Å². The molecule has 1 rings (SSSR count). The van der Waals surface area contributed by atoms with E-state index in [2.05, 4.69) is 12.2 Å². The van der Waals surface area contributed by atoms with Crippen LogP contribution >= 0.6 is 0 Å². The third-order valence-electron chi connectivity index (χ3n) is 2.93. The van der Waals surface area contributed by atoms with Crippen molar-refractivity contribution in [2.45, 2.75) is 33.1 Å². The number of carbonyl (C=O) groups excluding carboxylic acids is 2. The molecule has 0 aromatic rings. The number of hydrogen-bond acceptors (Lipinski definition) is 3. The summed E-state index contributed by atoms with van der Waals surface area (Å²) in [4.78, 5) is 22.5. The number of rotatable bonds is 4. The Balaban J connectivity index is 2.48. The van der Waals surface area contributed by atoms with Crippen LogP contribution in [0.25, 0.3) is 0 Å². The zero-order chi connectivity index (χ0) is 11.3. The molecule has 0 saturated carbocycles. The molecule has 1 saturated heterocycles. The lowest BCUT2D eigenvalue weighted by molar-refractivity contribution is -0.145. The van der Waals surface area contributed by atoms with E-state index >= 15 is 0 Å². The smallest absolute Gasteiger partial charge is 0.306 e. The first kappa shape index (κ1) is 12.0. The van der Waals surface area contributed by atoms with Crippen molar-refractivity contribution in [2.75, 3.05) is 13.2 Å². The summed E-state index contributed by atoms with van der Waals surface area (Å²) in [5.74, 6) is 0.430. The largest absolute Gasteiger partial charge is 0.466 e. The number of ether oxygens (including phenoxy) is 1. The third-order valence-corrected chi connectivity index (χ3v) is 2.93. The maximum absolute atomic E-state index is 11.3. The normalized spacial score (nSPS) is 25.9. The van der Waals surface area contributed by atoms with Crippen molar-refractivity contribution in [3.63, 3.8) is 0 Å². The van der Waals surface area contributed by atoms with Crippen molar-refractivity contribution in [3.05, 3.63) is 0 Å². The van der Waals surface area contributed by atoms with Gasteiger partial charge >= 0.3 is 5.97 Å². The molecule has 86 valence electrons. The minimum atomic E-state index is -0.185. The number of nitrogens with one attached hydrogen (secondary N) is 1. The number of hydrogen-bond donors (Lipinski definition) is 1. The first-order chi connectivity index (χ1) is 7.17. The van der Waals surface area contributed by atoms with E-state index in [0.29, 0.717) is 31.9 Å². The topological polar surface area (TPSA) is 55.4 Å². The van der Waals surface area contributed by atoms with Gasteiger partial charge in [0.1, 0.15) is 0 Å². The van der Waals surface area contributed by atoms with Crippen molar-refractivity contribution in [1.29, 1.82) is 0 Å². The SMILES string of the molecule is CCOC(=O)C[C@H]1CC(=O)NC[C@@H]1CC. The number of carbonyl (C=O) groups is 2. The quantitative estimate of drug-likeness (QED) is 0.711. The van der Waals surface area contributed by atoms with Crippen molar-refractivity contribution >= 4 is 11.9 Å². The van der Waals surface area contributed by atoms with Crippen molar-refractivity contribution in [1.82, 2.24) is 5.32 Å². The van der Waals surface area contributed by atoms with Gasteiger partial charge in [0.25, 0.3) is 0 Å². The van der Waals surface area contributed by atoms with Crippen LogP contribution in [0.4, 0.5) is 0 Å². The zero-order valence-electron chi connectivity index (χ0n) is 9.41. The highest BCUT2D eigenvalue weighted by Crippen LogP contribution is 2.26. The summed E-state index contributed by atoms with van der Waals surface area (Å²) < 4.78 is 4.90. The lowest BCUT2D eigenvalue weighted by Crippen LogP contribution is -2.41. The Morgan fingerprint density at radius 1 is 1.47 bits per heavy atom. The van der Waals surface area contributed by atoms with E-state index in [1.165, 1.54) is 0 Å². The standard InChI is InChI=1S/C11H19NO3/c1-3-8-7-12-10(13)5-9(8)6-11(14)15-4-2/h8-9H,3-7H2,1-2H3,(H,12,13)/t8-,9+/m0/s1. The highest BCUT2D eigenvalue weighted by molar-refractivity contribution is 5.78. The number of piperidine rings is 1. The molecular formula is C11H19NO3. The van der Waals surface area contributed by atoms with Crippen LogP contribution in [-0.4, -0.2) is 25.0 Å². The van der Waals surface area contributed by atoms with Crippen LogP contribution in [-0.2, 0) is 14.3 Å². The highest BCUT2D eigenvalue weighted by atomic mass is 16.5. The maximum Gasteiger partial charge on any atom is 0.306 e. The molecule has 1 amide bonds. The van der Waals surface area contributed by atoms with Gasteiger partial charge < -0.3 is 10.1 Å². The molecule has 0 radical (unpaired) electrons. The lowest BCUT2D eigenvalue weighted by atomic mass is 9.82. The number of esters is 1. The minimum absolute atomic E-state index is 0.0500. The first-order valence-electron chi connectivity index (χ1n) is 5.59. The lowest BCUT2D eigenvalue weighted by Gasteiger charge is -2.30. The predicted molar refractivity (Wildman–Crippen MR) is 56.1 cm³/mol. The van der Waals surface area contributed by atoms with Gasteiger partial charge in [-0.3, -0.25) is 9.59 Å². The summed E-state index contributed by atoms with van der Waals surface area (Å²) in [6.07, 6.45) is 1.82. The molecule has 1 fully saturated rings. The molecule has 0 unspecified atom stereocenters. The van der Waals surface area contributed by atoms with E-state index in [0.717, 1.165) is 6.42 Å². The average molecular weight is 213 g/mol. The summed E-state index contributed by atoms with van der Waals surface area (Å²) in [6.45, 7) is 4.98. The van der Waals surface area contributed by atoms with Gasteiger partial charge in [-0.05, 0) is 18.8 Å². The fraction of sp³-hybridized carbons (Fsp3) is 0.818. The van der Waals surface area contributed by atoms with Gasteiger partial charge in [0.2, 0.25) is 5.91 Å². The second kappa shape index (κ2) is 5.73. The van der Waals surface area contributed by atoms with Gasteiger partial charge in [-0.1, -0.05) is 13.3 Å². The summed E-state index contributed by atoms with van der Waals surface area (Å²) in [7, 11) is 0. The molecule has 1 heterocycles. The van der Waals surface area contributed by atoms with Crippen molar-refractivity contribution < 1.29 is 14.3 Å². The molecule has 1 N–H and O–H groups in total. The molecule has 0 aromatic heterocycles. The molecule has 0 bridgehead atoms. The summed E-state index contributed by atoms with van der Waals surface area (Å²) in [5.41, 5.74) is 0. The Kier molecular flexibility index (Phi) is 4.59. The Morgan fingerprint density at radius 2 is 2.20 bits per heavy atom. The maximum atomic E-state index is 11.3. The van der Waals surface area contributed by atoms with Crippen LogP contribution in [0.15, 0.2) is 0 Å². The zero-order valence-corrected chi connectivity index (χ0v) is 9.41. The van der Waals surface area contributed by atoms with Gasteiger partial charge in [-0.2, -0.15) is 0 Å². The van der Waals surface area contributed by atoms with Crippen molar-refractivity contribution in [3.8, 4) is 0 Å². The molecule has 15 heavy (non-hydrogen) atoms. The van der Waals surface area contributed by atoms with Crippen LogP contribution in [0.5, 0.6) is 0 Å². The van der Waals surface area contributed by atoms with Crippen LogP contribution in [0.3, 0.4) is 0 Å². The van der Waals surface area contributed by atoms with E-state index in [-0.39, 0.29) is 17.8 Å². The van der Waals surface area contributed by atoms with Gasteiger partial charge in [0, 0.05) is 19.4 Å². The highest BCUT2D eigenvalue weighted by Gasteiger charge is 2.29. The molecular weight excluding hydrogens is 194 g/mol. The van der Waals surface area contributed by atoms with Gasteiger partial charge in [-0.15, -0.1) is 0 Å². The van der Waals surface area contributed by atoms with Gasteiger partial charge in [0.05, 0.1) is 6.61 Å². The number of amides is 1. The monoisotopic (exact) mass is 213 g/mol. The summed E-state index contributed by atoms with van der Waals surface area (Å²) in [6, 6.07) is 0. The fourth-order valence-electron chi connectivity index (χ4n) is 2.04. The van der Waals surface area contributed by atoms with E-state index in [1.807, 2.05) is 0 Å². The Hall–Kier alpha value is -1.06. The molecule has 4 heteroatoms. The molecule has 1 aliphatic rings. The Bertz CT molecular complexity index is 240. The molecule has 1 aliphatic heterocycles. The van der Waals surface area contributed by atoms with Crippen molar-refractivity contribution in [2.24, 2.45) is 11.8 Å². The Morgan fingerprint density at radius 3 is 2.80 bits per heavy atom. The molecule has 2 atom stereocenters. The van der Waals surface area contributed by atoms with E-state index in [9.17, 15) is 9.59 Å². The van der Waals surface area contributed by atoms with Crippen LogP contribution < -0.4 is 5.32 Å². The van der Waals surface area contributed by atoms with Gasteiger partial charge in [0.15, 0.2) is 0 Å². The summed E-state index contributed by atoms with van der Waals surface area (Å²) in [5, 5.41) is 2.83. The minimum Gasteiger partial charge on any atom is -0.466 e. The average Bonchev–Trinajstić information content (AvgIpc) is 2.18. The second-order valence-electron chi connectivity index (χ2n) is 3.95.